The fourth-order valence-corrected chi connectivity index (χ4v) is 7.93. The molecule has 0 bridgehead atoms. The van der Waals surface area contributed by atoms with Gasteiger partial charge in [0.2, 0.25) is 0 Å². The highest BCUT2D eigenvalue weighted by atomic mass is 31.2. The van der Waals surface area contributed by atoms with Crippen LogP contribution in [0.15, 0.2) is 85.1 Å². The molecule has 15 heteroatoms. The maximum absolute atomic E-state index is 12.8. The second-order valence-corrected chi connectivity index (χ2v) is 18.6. The molecule has 0 radical (unpaired) electrons. The van der Waals surface area contributed by atoms with Crippen LogP contribution < -0.4 is 0 Å². The predicted molar refractivity (Wildman–Crippen MR) is 264 cm³/mol. The summed E-state index contributed by atoms with van der Waals surface area (Å²) in [6.45, 7) is 3.12. The van der Waals surface area contributed by atoms with Gasteiger partial charge in [-0.2, -0.15) is 0 Å². The summed E-state index contributed by atoms with van der Waals surface area (Å²) in [6, 6.07) is 0. The molecule has 3 unspecified atom stereocenters. The molecular formula is C52H87O14P. The predicted octanol–water partition coefficient (Wildman–Crippen LogP) is 9.42. The highest BCUT2D eigenvalue weighted by Gasteiger charge is 2.51. The molecule has 0 aromatic rings. The fraction of sp³-hybridized carbons (Fsp3) is 0.692. The van der Waals surface area contributed by atoms with Crippen LogP contribution in [0.25, 0.3) is 0 Å². The first-order valence-corrected chi connectivity index (χ1v) is 26.5. The minimum Gasteiger partial charge on any atom is -0.462 e. The van der Waals surface area contributed by atoms with Gasteiger partial charge in [-0.15, -0.1) is 0 Å². The van der Waals surface area contributed by atoms with Crippen LogP contribution in [0, 0.1) is 0 Å². The van der Waals surface area contributed by atoms with Crippen LogP contribution in [0.3, 0.4) is 0 Å². The number of aliphatic hydroxyl groups is 6. The Labute approximate surface area is 401 Å². The van der Waals surface area contributed by atoms with Crippen molar-refractivity contribution in [3.05, 3.63) is 85.1 Å². The molecule has 1 rings (SSSR count). The molecule has 1 fully saturated rings. The first-order valence-electron chi connectivity index (χ1n) is 25.0. The Morgan fingerprint density at radius 3 is 1.61 bits per heavy atom. The second kappa shape index (κ2) is 40.8. The van der Waals surface area contributed by atoms with Crippen molar-refractivity contribution in [3.63, 3.8) is 0 Å². The Kier molecular flexibility index (Phi) is 37.8. The zero-order valence-corrected chi connectivity index (χ0v) is 41.4. The molecule has 0 saturated heterocycles. The highest BCUT2D eigenvalue weighted by molar-refractivity contribution is 7.47. The topological polar surface area (TPSA) is 230 Å². The van der Waals surface area contributed by atoms with E-state index < -0.39 is 81.8 Å². The summed E-state index contributed by atoms with van der Waals surface area (Å²) in [5.74, 6) is -1.23. The SMILES string of the molecule is CCCCC/C=C\C=C/[C@@H](O)C/C=C\C/C=C/CCCC(=O)OC[C@H](COP(=O)(O)OC1[C@H](O)[C@H](O)C(O)[C@H](O)[C@H]1O)OC(=O)CCCCCCCC/C=C\C/C=C\C/C=C\CCCCCC. The molecule has 0 aliphatic heterocycles. The molecule has 7 N–H and O–H groups in total. The third-order valence-electron chi connectivity index (χ3n) is 11.0. The lowest BCUT2D eigenvalue weighted by Gasteiger charge is -2.41. The lowest BCUT2D eigenvalue weighted by molar-refractivity contribution is -0.220. The Morgan fingerprint density at radius 1 is 0.537 bits per heavy atom. The highest BCUT2D eigenvalue weighted by Crippen LogP contribution is 2.47. The van der Waals surface area contributed by atoms with Gasteiger partial charge in [-0.1, -0.05) is 157 Å². The molecular weight excluding hydrogens is 880 g/mol. The first-order chi connectivity index (χ1) is 32.3. The Hall–Kier alpha value is -3.01. The normalized spacial score (nSPS) is 22.3. The summed E-state index contributed by atoms with van der Waals surface area (Å²) in [6.07, 6.45) is 36.5. The van der Waals surface area contributed by atoms with Crippen molar-refractivity contribution in [2.75, 3.05) is 13.2 Å². The molecule has 14 nitrogen and oxygen atoms in total. The average molecular weight is 967 g/mol. The number of carbonyl (C=O) groups excluding carboxylic acids is 2. The molecule has 384 valence electrons. The van der Waals surface area contributed by atoms with Crippen LogP contribution in [-0.2, 0) is 32.7 Å². The molecule has 0 heterocycles. The number of phosphoric acid groups is 1. The standard InChI is InChI=1S/C52H87O14P/c1-3-5-7-9-11-12-13-14-15-16-17-18-19-20-21-22-23-27-32-36-40-46(55)65-44(42-64-67(61,62)66-52-50(59)48(57)47(56)49(58)51(52)60)41-63-45(54)39-35-31-28-24-26-30-34-38-43(53)37-33-29-25-10-8-6-4-2/h12-13,15-16,18-19,24-25,28-30,33-34,37,43-44,47-53,56-60H,3-11,14,17,20-23,26-27,31-32,35-36,38-42H2,1-2H3,(H,61,62)/b13-12-,16-15-,19-18-,28-24+,29-25-,34-30-,37-33-/t43-,44-,47?,48-,49+,50-,51-,52?/m1/s1. The zero-order valence-electron chi connectivity index (χ0n) is 40.5. The first kappa shape index (κ1) is 62.0. The number of aliphatic hydroxyl groups excluding tert-OH is 6. The number of ether oxygens (including phenoxy) is 2. The number of esters is 2. The average Bonchev–Trinajstić information content (AvgIpc) is 3.31. The Balaban J connectivity index is 2.50. The van der Waals surface area contributed by atoms with E-state index in [9.17, 15) is 49.7 Å². The van der Waals surface area contributed by atoms with Gasteiger partial charge in [0, 0.05) is 12.8 Å². The molecule has 1 saturated carbocycles. The summed E-state index contributed by atoms with van der Waals surface area (Å²) in [5, 5.41) is 60.3. The third kappa shape index (κ3) is 33.2. The van der Waals surface area contributed by atoms with E-state index in [1.165, 1.54) is 44.9 Å². The van der Waals surface area contributed by atoms with Crippen molar-refractivity contribution in [3.8, 4) is 0 Å². The van der Waals surface area contributed by atoms with Gasteiger partial charge < -0.3 is 45.0 Å². The van der Waals surface area contributed by atoms with Crippen molar-refractivity contribution in [1.82, 2.24) is 0 Å². The number of phosphoric ester groups is 1. The van der Waals surface area contributed by atoms with Crippen molar-refractivity contribution >= 4 is 19.8 Å². The second-order valence-electron chi connectivity index (χ2n) is 17.2. The number of carbonyl (C=O) groups is 2. The van der Waals surface area contributed by atoms with E-state index in [1.807, 2.05) is 36.5 Å². The van der Waals surface area contributed by atoms with Gasteiger partial charge in [0.15, 0.2) is 6.10 Å². The number of hydrogen-bond acceptors (Lipinski definition) is 13. The van der Waals surface area contributed by atoms with Gasteiger partial charge in [0.05, 0.1) is 12.7 Å². The number of rotatable bonds is 40. The smallest absolute Gasteiger partial charge is 0.462 e. The molecule has 1 aliphatic rings. The maximum Gasteiger partial charge on any atom is 0.472 e. The van der Waals surface area contributed by atoms with Gasteiger partial charge in [0.1, 0.15) is 43.2 Å². The fourth-order valence-electron chi connectivity index (χ4n) is 6.95. The van der Waals surface area contributed by atoms with Gasteiger partial charge in [-0.25, -0.2) is 4.57 Å². The summed E-state index contributed by atoms with van der Waals surface area (Å²) >= 11 is 0. The molecule has 67 heavy (non-hydrogen) atoms. The largest absolute Gasteiger partial charge is 0.472 e. The van der Waals surface area contributed by atoms with E-state index in [2.05, 4.69) is 56.4 Å². The summed E-state index contributed by atoms with van der Waals surface area (Å²) in [7, 11) is -5.16. The van der Waals surface area contributed by atoms with E-state index in [1.54, 1.807) is 6.08 Å². The summed E-state index contributed by atoms with van der Waals surface area (Å²) in [5.41, 5.74) is 0. The molecule has 0 spiro atoms. The quantitative estimate of drug-likeness (QED) is 0.00998. The molecule has 0 aromatic carbocycles. The minimum atomic E-state index is -5.16. The number of unbranched alkanes of at least 4 members (excludes halogenated alkanes) is 14. The number of allylic oxidation sites excluding steroid dienone is 12. The van der Waals surface area contributed by atoms with Crippen LogP contribution in [0.2, 0.25) is 0 Å². The lowest BCUT2D eigenvalue weighted by Crippen LogP contribution is -2.64. The lowest BCUT2D eigenvalue weighted by atomic mass is 9.85. The number of hydrogen-bond donors (Lipinski definition) is 7. The van der Waals surface area contributed by atoms with E-state index in [0.717, 1.165) is 64.2 Å². The van der Waals surface area contributed by atoms with Crippen molar-refractivity contribution in [1.29, 1.82) is 0 Å². The Bertz CT molecular complexity index is 1510. The molecule has 9 atom stereocenters. The monoisotopic (exact) mass is 967 g/mol. The molecule has 0 amide bonds. The van der Waals surface area contributed by atoms with Crippen molar-refractivity contribution < 1.29 is 68.2 Å². The third-order valence-corrected chi connectivity index (χ3v) is 12.0. The summed E-state index contributed by atoms with van der Waals surface area (Å²) < 4.78 is 33.5. The minimum absolute atomic E-state index is 0.0495. The van der Waals surface area contributed by atoms with Crippen LogP contribution in [0.5, 0.6) is 0 Å². The van der Waals surface area contributed by atoms with Crippen molar-refractivity contribution in [2.24, 2.45) is 0 Å². The van der Waals surface area contributed by atoms with Crippen molar-refractivity contribution in [2.45, 2.75) is 217 Å². The van der Waals surface area contributed by atoms with Crippen LogP contribution >= 0.6 is 7.82 Å². The molecule has 0 aromatic heterocycles. The van der Waals surface area contributed by atoms with E-state index in [4.69, 9.17) is 18.5 Å². The van der Waals surface area contributed by atoms with Crippen LogP contribution in [0.4, 0.5) is 0 Å². The van der Waals surface area contributed by atoms with E-state index in [-0.39, 0.29) is 12.8 Å². The van der Waals surface area contributed by atoms with Gasteiger partial charge in [0.25, 0.3) is 0 Å². The maximum atomic E-state index is 12.8. The van der Waals surface area contributed by atoms with Gasteiger partial charge in [-0.3, -0.25) is 18.6 Å². The van der Waals surface area contributed by atoms with Crippen LogP contribution in [-0.4, -0.2) is 110 Å². The zero-order chi connectivity index (χ0) is 49.4. The van der Waals surface area contributed by atoms with Crippen LogP contribution in [0.1, 0.15) is 168 Å². The van der Waals surface area contributed by atoms with Gasteiger partial charge >= 0.3 is 19.8 Å². The molecule has 1 aliphatic carbocycles. The summed E-state index contributed by atoms with van der Waals surface area (Å²) in [4.78, 5) is 35.8. The van der Waals surface area contributed by atoms with E-state index >= 15 is 0 Å². The van der Waals surface area contributed by atoms with E-state index in [0.29, 0.717) is 32.1 Å². The Morgan fingerprint density at radius 2 is 1.00 bits per heavy atom. The van der Waals surface area contributed by atoms with Gasteiger partial charge in [-0.05, 0) is 83.5 Å².